The average molecular weight is 403 g/mol. The summed E-state index contributed by atoms with van der Waals surface area (Å²) in [6.07, 6.45) is 0. The summed E-state index contributed by atoms with van der Waals surface area (Å²) in [5.41, 5.74) is 0.897. The number of hydrogen-bond acceptors (Lipinski definition) is 2. The van der Waals surface area contributed by atoms with Gasteiger partial charge in [0.15, 0.2) is 0 Å². The van der Waals surface area contributed by atoms with Crippen LogP contribution in [-0.4, -0.2) is 4.98 Å². The molecular formula is C15H9EuNOS+3. The number of fused-ring (bicyclic) bond motifs is 5. The SMILES string of the molecule is O=c1ccc2ccc3c4ccccc4sc3c2[nH]1.[Eu+3]. The van der Waals surface area contributed by atoms with E-state index in [9.17, 15) is 4.79 Å². The molecule has 19 heavy (non-hydrogen) atoms. The fraction of sp³-hybridized carbons (Fsp3) is 0. The monoisotopic (exact) mass is 404 g/mol. The molecule has 0 aliphatic rings. The van der Waals surface area contributed by atoms with Gasteiger partial charge in [0.25, 0.3) is 0 Å². The fourth-order valence-corrected chi connectivity index (χ4v) is 3.62. The first-order valence-electron chi connectivity index (χ1n) is 5.76. The van der Waals surface area contributed by atoms with Gasteiger partial charge in [-0.15, -0.1) is 11.3 Å². The number of hydrogen-bond donors (Lipinski definition) is 1. The van der Waals surface area contributed by atoms with E-state index in [1.165, 1.54) is 15.5 Å². The van der Waals surface area contributed by atoms with Crippen molar-refractivity contribution < 1.29 is 49.4 Å². The summed E-state index contributed by atoms with van der Waals surface area (Å²) in [6.45, 7) is 0. The van der Waals surface area contributed by atoms with Crippen LogP contribution in [0.4, 0.5) is 0 Å². The maximum atomic E-state index is 11.5. The Hall–Kier alpha value is -0.546. The maximum Gasteiger partial charge on any atom is 3.00 e. The van der Waals surface area contributed by atoms with Crippen molar-refractivity contribution in [2.45, 2.75) is 0 Å². The zero-order chi connectivity index (χ0) is 12.1. The molecule has 1 N–H and O–H groups in total. The molecule has 2 heterocycles. The third-order valence-corrected chi connectivity index (χ3v) is 4.45. The summed E-state index contributed by atoms with van der Waals surface area (Å²) >= 11 is 1.73. The zero-order valence-electron chi connectivity index (χ0n) is 9.81. The van der Waals surface area contributed by atoms with Gasteiger partial charge in [0.2, 0.25) is 5.56 Å². The van der Waals surface area contributed by atoms with Crippen LogP contribution in [0.5, 0.6) is 0 Å². The van der Waals surface area contributed by atoms with E-state index in [0.717, 1.165) is 15.6 Å². The molecule has 0 radical (unpaired) electrons. The standard InChI is InChI=1S/C15H9NOS.Eu/c17-13-8-6-9-5-7-11-10-3-1-2-4-12(10)18-15(11)14(9)16-13;/h1-8H,(H,16,17);/q;+3. The molecule has 0 aliphatic heterocycles. The predicted octanol–water partition coefficient (Wildman–Crippen LogP) is 3.90. The molecule has 2 aromatic heterocycles. The first kappa shape index (κ1) is 13.4. The number of nitrogens with one attached hydrogen (secondary N) is 1. The summed E-state index contributed by atoms with van der Waals surface area (Å²) in [7, 11) is 0. The molecule has 4 rings (SSSR count). The van der Waals surface area contributed by atoms with E-state index in [4.69, 9.17) is 0 Å². The molecule has 4 heteroatoms. The molecular weight excluding hydrogens is 394 g/mol. The third-order valence-electron chi connectivity index (χ3n) is 3.24. The number of aromatic amines is 1. The molecule has 0 saturated carbocycles. The molecule has 0 bridgehead atoms. The smallest absolute Gasteiger partial charge is 0.321 e. The Balaban J connectivity index is 0.00000110. The molecule has 0 amide bonds. The Morgan fingerprint density at radius 3 is 2.58 bits per heavy atom. The van der Waals surface area contributed by atoms with Crippen LogP contribution in [0.1, 0.15) is 0 Å². The molecule has 90 valence electrons. The van der Waals surface area contributed by atoms with Gasteiger partial charge in [0.05, 0.1) is 10.2 Å². The van der Waals surface area contributed by atoms with Crippen molar-refractivity contribution >= 4 is 42.4 Å². The van der Waals surface area contributed by atoms with Gasteiger partial charge >= 0.3 is 49.4 Å². The third kappa shape index (κ3) is 2.11. The number of thiophene rings is 1. The molecule has 4 aromatic rings. The normalized spacial score (nSPS) is 10.9. The van der Waals surface area contributed by atoms with Crippen LogP contribution in [0.3, 0.4) is 0 Å². The zero-order valence-corrected chi connectivity index (χ0v) is 13.1. The van der Waals surface area contributed by atoms with Crippen LogP contribution < -0.4 is 5.56 Å². The Morgan fingerprint density at radius 1 is 0.895 bits per heavy atom. The Labute approximate surface area is 154 Å². The molecule has 0 unspecified atom stereocenters. The Morgan fingerprint density at radius 2 is 1.68 bits per heavy atom. The first-order valence-corrected chi connectivity index (χ1v) is 6.58. The van der Waals surface area contributed by atoms with Crippen molar-refractivity contribution in [2.24, 2.45) is 0 Å². The molecule has 2 aromatic carbocycles. The van der Waals surface area contributed by atoms with Crippen LogP contribution in [0.2, 0.25) is 0 Å². The second-order valence-electron chi connectivity index (χ2n) is 4.33. The van der Waals surface area contributed by atoms with Crippen molar-refractivity contribution in [2.75, 3.05) is 0 Å². The second-order valence-corrected chi connectivity index (χ2v) is 5.38. The van der Waals surface area contributed by atoms with Gasteiger partial charge in [-0.1, -0.05) is 30.3 Å². The van der Waals surface area contributed by atoms with Crippen molar-refractivity contribution in [3.63, 3.8) is 0 Å². The van der Waals surface area contributed by atoms with Crippen LogP contribution in [0.15, 0.2) is 53.3 Å². The fourth-order valence-electron chi connectivity index (χ4n) is 2.40. The molecule has 0 spiro atoms. The van der Waals surface area contributed by atoms with Gasteiger partial charge in [-0.25, -0.2) is 0 Å². The number of aromatic nitrogens is 1. The van der Waals surface area contributed by atoms with Gasteiger partial charge in [-0.05, 0) is 17.5 Å². The molecule has 2 nitrogen and oxygen atoms in total. The number of H-pyrrole nitrogens is 1. The maximum absolute atomic E-state index is 11.5. The number of pyridine rings is 1. The van der Waals surface area contributed by atoms with E-state index < -0.39 is 0 Å². The van der Waals surface area contributed by atoms with Gasteiger partial charge < -0.3 is 4.98 Å². The summed E-state index contributed by atoms with van der Waals surface area (Å²) in [4.78, 5) is 14.4. The number of rotatable bonds is 0. The van der Waals surface area contributed by atoms with E-state index in [-0.39, 0.29) is 54.9 Å². The molecule has 0 fully saturated rings. The minimum Gasteiger partial charge on any atom is -0.321 e. The van der Waals surface area contributed by atoms with E-state index in [1.807, 2.05) is 18.2 Å². The first-order chi connectivity index (χ1) is 8.83. The topological polar surface area (TPSA) is 32.9 Å². The summed E-state index contributed by atoms with van der Waals surface area (Å²) in [6, 6.07) is 16.0. The summed E-state index contributed by atoms with van der Waals surface area (Å²) in [5, 5.41) is 3.54. The second kappa shape index (κ2) is 5.10. The van der Waals surface area contributed by atoms with Crippen LogP contribution in [0, 0.1) is 49.4 Å². The largest absolute Gasteiger partial charge is 3.00 e. The average Bonchev–Trinajstić information content (AvgIpc) is 2.78. The van der Waals surface area contributed by atoms with Crippen molar-refractivity contribution in [3.05, 3.63) is 58.9 Å². The van der Waals surface area contributed by atoms with Gasteiger partial charge in [-0.2, -0.15) is 0 Å². The van der Waals surface area contributed by atoms with Gasteiger partial charge in [0, 0.05) is 21.5 Å². The van der Waals surface area contributed by atoms with Crippen molar-refractivity contribution in [1.29, 1.82) is 0 Å². The van der Waals surface area contributed by atoms with E-state index in [0.29, 0.717) is 0 Å². The Kier molecular flexibility index (Phi) is 3.60. The van der Waals surface area contributed by atoms with Crippen molar-refractivity contribution in [3.8, 4) is 0 Å². The molecule has 0 aliphatic carbocycles. The van der Waals surface area contributed by atoms with Gasteiger partial charge in [-0.3, -0.25) is 4.79 Å². The van der Waals surface area contributed by atoms with Crippen LogP contribution in [-0.2, 0) is 0 Å². The van der Waals surface area contributed by atoms with Crippen molar-refractivity contribution in [1.82, 2.24) is 4.98 Å². The van der Waals surface area contributed by atoms with E-state index in [2.05, 4.69) is 29.2 Å². The minimum atomic E-state index is -0.0487. The van der Waals surface area contributed by atoms with Crippen LogP contribution in [0.25, 0.3) is 31.1 Å². The van der Waals surface area contributed by atoms with E-state index in [1.54, 1.807) is 17.4 Å². The molecule has 0 saturated heterocycles. The quantitative estimate of drug-likeness (QED) is 0.475. The van der Waals surface area contributed by atoms with Gasteiger partial charge in [0.1, 0.15) is 0 Å². The summed E-state index contributed by atoms with van der Waals surface area (Å²) < 4.78 is 2.41. The Bertz CT molecular complexity index is 954. The number of benzene rings is 2. The predicted molar refractivity (Wildman–Crippen MR) is 77.5 cm³/mol. The minimum absolute atomic E-state index is 0. The van der Waals surface area contributed by atoms with Crippen LogP contribution >= 0.6 is 11.3 Å². The van der Waals surface area contributed by atoms with E-state index >= 15 is 0 Å². The summed E-state index contributed by atoms with van der Waals surface area (Å²) in [5.74, 6) is 0. The molecule has 0 atom stereocenters.